The summed E-state index contributed by atoms with van der Waals surface area (Å²) in [5, 5.41) is 24.2. The Balaban J connectivity index is 1.40. The number of aliphatic hydroxyl groups is 1. The summed E-state index contributed by atoms with van der Waals surface area (Å²) in [6, 6.07) is 19.9. The van der Waals surface area contributed by atoms with E-state index >= 15 is 0 Å². The summed E-state index contributed by atoms with van der Waals surface area (Å²) in [5.41, 5.74) is 3.68. The van der Waals surface area contributed by atoms with Crippen molar-refractivity contribution in [3.8, 4) is 11.3 Å². The number of methoxy groups -OCH3 is 1. The Kier molecular flexibility index (Phi) is 16.4. The average Bonchev–Trinajstić information content (AvgIpc) is 3.86. The van der Waals surface area contributed by atoms with Gasteiger partial charge in [0.2, 0.25) is 11.8 Å². The molecule has 4 aromatic rings. The van der Waals surface area contributed by atoms with Crippen LogP contribution in [0, 0.1) is 11.3 Å². The van der Waals surface area contributed by atoms with E-state index in [0.717, 1.165) is 33.1 Å². The number of urea groups is 1. The maximum Gasteiger partial charge on any atom is 0.407 e. The fraction of sp³-hybridized carbons (Fsp3) is 0.489. The first kappa shape index (κ1) is 46.7. The highest BCUT2D eigenvalue weighted by Crippen LogP contribution is 2.26. The van der Waals surface area contributed by atoms with E-state index in [1.807, 2.05) is 113 Å². The lowest BCUT2D eigenvalue weighted by molar-refractivity contribution is -0.129. The number of carbonyl (C=O) groups is 4. The largest absolute Gasteiger partial charge is 0.453 e. The highest BCUT2D eigenvalue weighted by molar-refractivity contribution is 7.09. The van der Waals surface area contributed by atoms with Gasteiger partial charge in [-0.05, 0) is 53.9 Å². The minimum absolute atomic E-state index is 0.0809. The number of hydrogen-bond acceptors (Lipinski definition) is 9. The number of rotatable bonds is 19. The summed E-state index contributed by atoms with van der Waals surface area (Å²) < 4.78 is 4.84. The van der Waals surface area contributed by atoms with Crippen molar-refractivity contribution in [2.24, 2.45) is 11.3 Å². The molecule has 1 saturated heterocycles. The average molecular weight is 854 g/mol. The predicted molar refractivity (Wildman–Crippen MR) is 239 cm³/mol. The first-order valence-electron chi connectivity index (χ1n) is 21.2. The van der Waals surface area contributed by atoms with Gasteiger partial charge in [0.25, 0.3) is 0 Å². The van der Waals surface area contributed by atoms with Crippen LogP contribution in [0.4, 0.5) is 9.59 Å². The third kappa shape index (κ3) is 12.8. The quantitative estimate of drug-likeness (QED) is 0.0787. The molecule has 2 aromatic heterocycles. The fourth-order valence-electron chi connectivity index (χ4n) is 7.63. The van der Waals surface area contributed by atoms with E-state index in [4.69, 9.17) is 9.72 Å². The maximum absolute atomic E-state index is 14.6. The second-order valence-corrected chi connectivity index (χ2v) is 18.3. The number of amides is 5. The second kappa shape index (κ2) is 21.4. The Morgan fingerprint density at radius 3 is 2.18 bits per heavy atom. The van der Waals surface area contributed by atoms with Crippen LogP contribution in [-0.2, 0) is 33.7 Å². The van der Waals surface area contributed by atoms with E-state index < -0.39 is 47.7 Å². The molecule has 5 rings (SSSR count). The van der Waals surface area contributed by atoms with Crippen LogP contribution in [0.2, 0.25) is 0 Å². The van der Waals surface area contributed by atoms with Gasteiger partial charge in [-0.15, -0.1) is 11.3 Å². The molecule has 2 aromatic carbocycles. The predicted octanol–water partition coefficient (Wildman–Crippen LogP) is 6.96. The Hall–Kier alpha value is -5.34. The molecule has 61 heavy (non-hydrogen) atoms. The van der Waals surface area contributed by atoms with Gasteiger partial charge < -0.3 is 35.6 Å². The zero-order chi connectivity index (χ0) is 44.3. The smallest absolute Gasteiger partial charge is 0.407 e. The molecule has 1 aliphatic rings. The van der Waals surface area contributed by atoms with Crippen molar-refractivity contribution >= 4 is 35.3 Å². The van der Waals surface area contributed by atoms with Gasteiger partial charge >= 0.3 is 12.1 Å². The zero-order valence-electron chi connectivity index (χ0n) is 36.8. The fourth-order valence-corrected chi connectivity index (χ4v) is 8.45. The maximum atomic E-state index is 14.6. The number of nitrogens with zero attached hydrogens (tertiary/aromatic N) is 4. The van der Waals surface area contributed by atoms with E-state index in [1.54, 1.807) is 27.3 Å². The highest BCUT2D eigenvalue weighted by atomic mass is 32.1. The lowest BCUT2D eigenvalue weighted by Crippen LogP contribution is -2.58. The van der Waals surface area contributed by atoms with Gasteiger partial charge in [0, 0.05) is 42.2 Å². The van der Waals surface area contributed by atoms with Crippen molar-refractivity contribution in [1.82, 2.24) is 35.7 Å². The lowest BCUT2D eigenvalue weighted by Gasteiger charge is -2.35. The van der Waals surface area contributed by atoms with Crippen molar-refractivity contribution in [2.75, 3.05) is 20.2 Å². The van der Waals surface area contributed by atoms with Crippen LogP contribution in [0.5, 0.6) is 0 Å². The SMILES string of the molecule is CCC(C)[C@@H](C(=O)N[C@@H](Cc1ccccc1)C[C@H](O)[C@H](Cc1ccc(-c2ccccn2)cc1)NC(=O)[C@@H](NC(=O)OC)C(C)(C)C)N1CCN(Cc2csc(C(C)C)n2)C1=O. The standard InChI is InChI=1S/C47H63N7O6S/c1-9-31(4)40(54-24-23-53(46(54)59)28-36-29-61-44(50-36)30(2)3)42(56)49-35(25-32-15-11-10-12-16-32)27-39(55)38(51-43(57)41(47(5,6)7)52-45(58)60-8)26-33-18-20-34(21-19-33)37-17-13-14-22-48-37/h10-22,29-31,35,38-41,55H,9,23-28H2,1-8H3,(H,49,56)(H,51,57)(H,52,58)/t31?,35-,38-,39-,40-,41+/m0/s1. The molecule has 0 spiro atoms. The van der Waals surface area contributed by atoms with Crippen LogP contribution in [-0.4, -0.2) is 99.3 Å². The first-order valence-corrected chi connectivity index (χ1v) is 22.1. The van der Waals surface area contributed by atoms with Crippen LogP contribution in [0.1, 0.15) is 89.1 Å². The number of aromatic nitrogens is 2. The Labute approximate surface area is 364 Å². The van der Waals surface area contributed by atoms with Gasteiger partial charge in [0.15, 0.2) is 0 Å². The van der Waals surface area contributed by atoms with Crippen molar-refractivity contribution in [1.29, 1.82) is 0 Å². The van der Waals surface area contributed by atoms with Gasteiger partial charge in [0.05, 0.1) is 42.2 Å². The lowest BCUT2D eigenvalue weighted by atomic mass is 9.85. The van der Waals surface area contributed by atoms with Gasteiger partial charge in [-0.25, -0.2) is 14.6 Å². The summed E-state index contributed by atoms with van der Waals surface area (Å²) in [6.45, 7) is 14.9. The minimum Gasteiger partial charge on any atom is -0.453 e. The zero-order valence-corrected chi connectivity index (χ0v) is 37.6. The second-order valence-electron chi connectivity index (χ2n) is 17.4. The van der Waals surface area contributed by atoms with Gasteiger partial charge in [-0.1, -0.05) is 116 Å². The normalized spacial score (nSPS) is 16.1. The molecule has 14 heteroatoms. The van der Waals surface area contributed by atoms with Crippen LogP contribution < -0.4 is 16.0 Å². The van der Waals surface area contributed by atoms with E-state index in [1.165, 1.54) is 7.11 Å². The number of ether oxygens (including phenoxy) is 1. The first-order chi connectivity index (χ1) is 29.1. The van der Waals surface area contributed by atoms with Gasteiger partial charge in [-0.2, -0.15) is 0 Å². The molecule has 1 aliphatic heterocycles. The third-order valence-electron chi connectivity index (χ3n) is 11.3. The van der Waals surface area contributed by atoms with Crippen molar-refractivity contribution in [2.45, 2.75) is 117 Å². The molecule has 328 valence electrons. The molecule has 4 N–H and O–H groups in total. The molecule has 13 nitrogen and oxygen atoms in total. The minimum atomic E-state index is -1.15. The molecular formula is C47H63N7O6S. The number of carbonyl (C=O) groups excluding carboxylic acids is 4. The summed E-state index contributed by atoms with van der Waals surface area (Å²) in [7, 11) is 1.24. The Bertz CT molecular complexity index is 2040. The molecule has 0 saturated carbocycles. The highest BCUT2D eigenvalue weighted by Gasteiger charge is 2.41. The number of hydrogen-bond donors (Lipinski definition) is 4. The molecule has 5 amide bonds. The molecule has 6 atom stereocenters. The molecule has 0 aliphatic carbocycles. The molecule has 3 heterocycles. The molecule has 1 fully saturated rings. The van der Waals surface area contributed by atoms with Crippen LogP contribution in [0.25, 0.3) is 11.3 Å². The van der Waals surface area contributed by atoms with Crippen molar-refractivity contribution < 1.29 is 29.0 Å². The van der Waals surface area contributed by atoms with E-state index in [2.05, 4.69) is 34.8 Å². The number of nitrogens with one attached hydrogen (secondary N) is 3. The Morgan fingerprint density at radius 2 is 1.57 bits per heavy atom. The van der Waals surface area contributed by atoms with E-state index in [9.17, 15) is 24.3 Å². The number of alkyl carbamates (subject to hydrolysis) is 1. The van der Waals surface area contributed by atoms with E-state index in [-0.39, 0.29) is 30.7 Å². The van der Waals surface area contributed by atoms with Crippen molar-refractivity contribution in [3.63, 3.8) is 0 Å². The Morgan fingerprint density at radius 1 is 0.885 bits per heavy atom. The summed E-state index contributed by atoms with van der Waals surface area (Å²) in [4.78, 5) is 67.6. The number of thiazole rings is 1. The van der Waals surface area contributed by atoms with Crippen LogP contribution in [0.15, 0.2) is 84.4 Å². The monoisotopic (exact) mass is 853 g/mol. The molecular weight excluding hydrogens is 791 g/mol. The molecule has 0 bridgehead atoms. The van der Waals surface area contributed by atoms with Gasteiger partial charge in [0.1, 0.15) is 12.1 Å². The molecule has 1 unspecified atom stereocenters. The topological polar surface area (TPSA) is 166 Å². The number of benzene rings is 2. The van der Waals surface area contributed by atoms with Crippen LogP contribution in [0.3, 0.4) is 0 Å². The van der Waals surface area contributed by atoms with Crippen LogP contribution >= 0.6 is 11.3 Å². The summed E-state index contributed by atoms with van der Waals surface area (Å²) in [5.74, 6) is -0.641. The van der Waals surface area contributed by atoms with Gasteiger partial charge in [-0.3, -0.25) is 14.6 Å². The number of pyridine rings is 1. The van der Waals surface area contributed by atoms with Crippen molar-refractivity contribution in [3.05, 3.63) is 106 Å². The molecule has 0 radical (unpaired) electrons. The third-order valence-corrected chi connectivity index (χ3v) is 12.5. The number of aliphatic hydroxyl groups excluding tert-OH is 1. The van der Waals surface area contributed by atoms with E-state index in [0.29, 0.717) is 38.4 Å². The summed E-state index contributed by atoms with van der Waals surface area (Å²) >= 11 is 1.59. The summed E-state index contributed by atoms with van der Waals surface area (Å²) in [6.07, 6.45) is 1.23.